The molecule has 1 amide bonds. The van der Waals surface area contributed by atoms with E-state index in [1.54, 1.807) is 12.3 Å². The first-order valence-electron chi connectivity index (χ1n) is 7.17. The number of nitrogens with zero attached hydrogens (tertiary/aromatic N) is 1. The Balaban J connectivity index is 1.88. The molecule has 0 saturated heterocycles. The monoisotopic (exact) mass is 283 g/mol. The maximum absolute atomic E-state index is 11.8. The highest BCUT2D eigenvalue weighted by Crippen LogP contribution is 2.09. The van der Waals surface area contributed by atoms with E-state index in [-0.39, 0.29) is 5.91 Å². The van der Waals surface area contributed by atoms with Gasteiger partial charge in [0.15, 0.2) is 0 Å². The van der Waals surface area contributed by atoms with E-state index >= 15 is 0 Å². The number of anilines is 1. The van der Waals surface area contributed by atoms with Crippen LogP contribution in [0.2, 0.25) is 0 Å². The van der Waals surface area contributed by atoms with Gasteiger partial charge >= 0.3 is 0 Å². The lowest BCUT2D eigenvalue weighted by atomic mass is 10.2. The van der Waals surface area contributed by atoms with Gasteiger partial charge in [0.05, 0.1) is 11.9 Å². The highest BCUT2D eigenvalue weighted by molar-refractivity contribution is 5.92. The predicted molar refractivity (Wildman–Crippen MR) is 85.2 cm³/mol. The maximum Gasteiger partial charge on any atom is 0.269 e. The molecule has 0 aliphatic heterocycles. The number of aromatic nitrogens is 1. The van der Waals surface area contributed by atoms with Gasteiger partial charge in [-0.3, -0.25) is 4.79 Å². The van der Waals surface area contributed by atoms with Gasteiger partial charge in [-0.15, -0.1) is 0 Å². The Morgan fingerprint density at radius 1 is 1.14 bits per heavy atom. The molecule has 0 radical (unpaired) electrons. The molecule has 1 heterocycles. The molecule has 0 spiro atoms. The molecule has 0 atom stereocenters. The van der Waals surface area contributed by atoms with Gasteiger partial charge in [-0.25, -0.2) is 4.98 Å². The van der Waals surface area contributed by atoms with Crippen molar-refractivity contribution in [3.63, 3.8) is 0 Å². The van der Waals surface area contributed by atoms with Gasteiger partial charge in [0, 0.05) is 13.1 Å². The van der Waals surface area contributed by atoms with Crippen molar-refractivity contribution in [2.75, 3.05) is 11.9 Å². The van der Waals surface area contributed by atoms with E-state index < -0.39 is 0 Å². The minimum absolute atomic E-state index is 0.127. The van der Waals surface area contributed by atoms with Crippen LogP contribution in [0, 0.1) is 5.92 Å². The van der Waals surface area contributed by atoms with Crippen LogP contribution in [-0.2, 0) is 6.54 Å². The molecular weight excluding hydrogens is 262 g/mol. The molecule has 0 aliphatic rings. The summed E-state index contributed by atoms with van der Waals surface area (Å²) in [6, 6.07) is 13.8. The molecule has 21 heavy (non-hydrogen) atoms. The smallest absolute Gasteiger partial charge is 0.269 e. The molecule has 0 bridgehead atoms. The van der Waals surface area contributed by atoms with E-state index in [0.717, 1.165) is 12.2 Å². The van der Waals surface area contributed by atoms with Crippen molar-refractivity contribution >= 4 is 11.6 Å². The van der Waals surface area contributed by atoms with Crippen molar-refractivity contribution in [1.82, 2.24) is 10.3 Å². The summed E-state index contributed by atoms with van der Waals surface area (Å²) in [5.74, 6) is 0.305. The summed E-state index contributed by atoms with van der Waals surface area (Å²) < 4.78 is 0. The lowest BCUT2D eigenvalue weighted by Crippen LogP contribution is -2.27. The molecule has 4 nitrogen and oxygen atoms in total. The summed E-state index contributed by atoms with van der Waals surface area (Å²) in [5, 5.41) is 6.14. The van der Waals surface area contributed by atoms with Gasteiger partial charge in [-0.2, -0.15) is 0 Å². The molecule has 1 aromatic carbocycles. The molecular formula is C17H21N3O. The highest BCUT2D eigenvalue weighted by Gasteiger charge is 2.07. The first-order valence-corrected chi connectivity index (χ1v) is 7.17. The van der Waals surface area contributed by atoms with E-state index in [0.29, 0.717) is 18.2 Å². The molecule has 0 unspecified atom stereocenters. The number of amides is 1. The van der Waals surface area contributed by atoms with Crippen LogP contribution < -0.4 is 10.6 Å². The Kier molecular flexibility index (Phi) is 5.32. The fourth-order valence-corrected chi connectivity index (χ4v) is 1.82. The van der Waals surface area contributed by atoms with E-state index in [9.17, 15) is 4.79 Å². The summed E-state index contributed by atoms with van der Waals surface area (Å²) in [6.45, 7) is 5.52. The van der Waals surface area contributed by atoms with Crippen molar-refractivity contribution in [3.8, 4) is 0 Å². The fourth-order valence-electron chi connectivity index (χ4n) is 1.82. The van der Waals surface area contributed by atoms with Crippen molar-refractivity contribution < 1.29 is 4.79 Å². The number of nitrogens with one attached hydrogen (secondary N) is 2. The first kappa shape index (κ1) is 15.0. The van der Waals surface area contributed by atoms with Gasteiger partial charge in [-0.1, -0.05) is 44.2 Å². The molecule has 2 aromatic rings. The van der Waals surface area contributed by atoms with Crippen molar-refractivity contribution in [2.45, 2.75) is 20.4 Å². The summed E-state index contributed by atoms with van der Waals surface area (Å²) in [4.78, 5) is 16.0. The molecule has 110 valence electrons. The number of carbonyl (C=O) groups excluding carboxylic acids is 1. The predicted octanol–water partition coefficient (Wildman–Crippen LogP) is 3.08. The van der Waals surface area contributed by atoms with Crippen LogP contribution in [0.15, 0.2) is 48.7 Å². The third-order valence-electron chi connectivity index (χ3n) is 3.01. The average molecular weight is 283 g/mol. The van der Waals surface area contributed by atoms with Crippen molar-refractivity contribution in [2.24, 2.45) is 5.92 Å². The second-order valence-electron chi connectivity index (χ2n) is 5.38. The molecule has 1 aromatic heterocycles. The zero-order valence-corrected chi connectivity index (χ0v) is 12.5. The Bertz CT molecular complexity index is 564. The third-order valence-corrected chi connectivity index (χ3v) is 3.01. The van der Waals surface area contributed by atoms with Crippen LogP contribution in [0.1, 0.15) is 29.9 Å². The summed E-state index contributed by atoms with van der Waals surface area (Å²) >= 11 is 0. The number of rotatable bonds is 6. The minimum atomic E-state index is -0.127. The maximum atomic E-state index is 11.8. The standard InChI is InChI=1S/C17H21N3O/c1-13(2)10-20-17(21)16-9-8-15(12-19-16)18-11-14-6-4-3-5-7-14/h3-9,12-13,18H,10-11H2,1-2H3,(H,20,21). The van der Waals surface area contributed by atoms with Crippen LogP contribution in [0.3, 0.4) is 0 Å². The Labute approximate surface area is 125 Å². The summed E-state index contributed by atoms with van der Waals surface area (Å²) in [6.07, 6.45) is 1.69. The number of carbonyl (C=O) groups is 1. The largest absolute Gasteiger partial charge is 0.380 e. The van der Waals surface area contributed by atoms with E-state index in [4.69, 9.17) is 0 Å². The Morgan fingerprint density at radius 3 is 2.52 bits per heavy atom. The normalized spacial score (nSPS) is 10.4. The fraction of sp³-hybridized carbons (Fsp3) is 0.294. The Morgan fingerprint density at radius 2 is 1.90 bits per heavy atom. The van der Waals surface area contributed by atoms with Crippen LogP contribution in [0.25, 0.3) is 0 Å². The van der Waals surface area contributed by atoms with Gasteiger partial charge in [0.1, 0.15) is 5.69 Å². The van der Waals surface area contributed by atoms with Gasteiger partial charge < -0.3 is 10.6 Å². The van der Waals surface area contributed by atoms with Crippen LogP contribution >= 0.6 is 0 Å². The molecule has 4 heteroatoms. The lowest BCUT2D eigenvalue weighted by molar-refractivity contribution is 0.0944. The third kappa shape index (κ3) is 4.91. The van der Waals surface area contributed by atoms with Crippen LogP contribution in [0.5, 0.6) is 0 Å². The van der Waals surface area contributed by atoms with Crippen LogP contribution in [-0.4, -0.2) is 17.4 Å². The molecule has 0 fully saturated rings. The number of pyridine rings is 1. The van der Waals surface area contributed by atoms with Gasteiger partial charge in [-0.05, 0) is 23.6 Å². The van der Waals surface area contributed by atoms with E-state index in [1.807, 2.05) is 24.3 Å². The number of hydrogen-bond donors (Lipinski definition) is 2. The van der Waals surface area contributed by atoms with E-state index in [1.165, 1.54) is 5.56 Å². The number of hydrogen-bond acceptors (Lipinski definition) is 3. The highest BCUT2D eigenvalue weighted by atomic mass is 16.1. The first-order chi connectivity index (χ1) is 10.1. The van der Waals surface area contributed by atoms with E-state index in [2.05, 4.69) is 41.6 Å². The van der Waals surface area contributed by atoms with Crippen LogP contribution in [0.4, 0.5) is 5.69 Å². The van der Waals surface area contributed by atoms with Gasteiger partial charge in [0.25, 0.3) is 5.91 Å². The zero-order chi connectivity index (χ0) is 15.1. The summed E-state index contributed by atoms with van der Waals surface area (Å²) in [7, 11) is 0. The molecule has 2 N–H and O–H groups in total. The topological polar surface area (TPSA) is 54.0 Å². The molecule has 2 rings (SSSR count). The quantitative estimate of drug-likeness (QED) is 0.856. The zero-order valence-electron chi connectivity index (χ0n) is 12.5. The van der Waals surface area contributed by atoms with Crippen molar-refractivity contribution in [3.05, 3.63) is 59.9 Å². The SMILES string of the molecule is CC(C)CNC(=O)c1ccc(NCc2ccccc2)cn1. The van der Waals surface area contributed by atoms with Gasteiger partial charge in [0.2, 0.25) is 0 Å². The summed E-state index contributed by atoms with van der Waals surface area (Å²) in [5.41, 5.74) is 2.55. The average Bonchev–Trinajstić information content (AvgIpc) is 2.52. The molecule has 0 aliphatic carbocycles. The minimum Gasteiger partial charge on any atom is -0.380 e. The molecule has 0 saturated carbocycles. The second kappa shape index (κ2) is 7.43. The lowest BCUT2D eigenvalue weighted by Gasteiger charge is -2.09. The second-order valence-corrected chi connectivity index (χ2v) is 5.38. The number of benzene rings is 1. The Hall–Kier alpha value is -2.36. The van der Waals surface area contributed by atoms with Crippen molar-refractivity contribution in [1.29, 1.82) is 0 Å².